The molecule has 4 aliphatic rings. The van der Waals surface area contributed by atoms with Gasteiger partial charge in [-0.3, -0.25) is 14.5 Å². The molecule has 28 heavy (non-hydrogen) atoms. The Morgan fingerprint density at radius 1 is 1.18 bits per heavy atom. The van der Waals surface area contributed by atoms with E-state index >= 15 is 0 Å². The second-order valence-corrected chi connectivity index (χ2v) is 9.68. The monoisotopic (exact) mass is 401 g/mol. The Hall–Kier alpha value is -1.89. The van der Waals surface area contributed by atoms with Gasteiger partial charge in [0.25, 0.3) is 5.91 Å². The Balaban J connectivity index is 1.36. The fourth-order valence-corrected chi connectivity index (χ4v) is 6.85. The molecule has 1 N–H and O–H groups in total. The fourth-order valence-electron chi connectivity index (χ4n) is 5.85. The predicted octanol–water partition coefficient (Wildman–Crippen LogP) is 3.01. The molecule has 1 spiro atoms. The largest absolute Gasteiger partial charge is 0.338 e. The van der Waals surface area contributed by atoms with Crippen molar-refractivity contribution in [1.29, 1.82) is 0 Å². The molecule has 3 fully saturated rings. The maximum absolute atomic E-state index is 13.3. The summed E-state index contributed by atoms with van der Waals surface area (Å²) in [6.07, 6.45) is 9.32. The molecule has 6 nitrogen and oxygen atoms in total. The standard InChI is InChI=1S/C21H27N3O3S/c25-18(23-11-4-6-14-5-1-2-7-16(14)23)13-24-19(26)21(22-20(24)27)10-3-8-17-15(21)9-12-28-17/h9,12,14,16H,1-8,10-11,13H2,(H,22,27). The summed E-state index contributed by atoms with van der Waals surface area (Å²) in [4.78, 5) is 43.5. The lowest BCUT2D eigenvalue weighted by atomic mass is 9.78. The molecule has 3 atom stereocenters. The summed E-state index contributed by atoms with van der Waals surface area (Å²) in [7, 11) is 0. The first-order valence-electron chi connectivity index (χ1n) is 10.6. The Morgan fingerprint density at radius 2 is 2.00 bits per heavy atom. The number of fused-ring (bicyclic) bond motifs is 3. The SMILES string of the molecule is O=C1NC2(CCCc3sccc32)C(=O)N1CC(=O)N1CCCC2CCCCC21. The van der Waals surface area contributed by atoms with Crippen LogP contribution in [0, 0.1) is 5.92 Å². The van der Waals surface area contributed by atoms with Gasteiger partial charge in [-0.05, 0) is 62.3 Å². The molecule has 0 bridgehead atoms. The van der Waals surface area contributed by atoms with E-state index in [1.807, 2.05) is 16.3 Å². The molecule has 0 radical (unpaired) electrons. The van der Waals surface area contributed by atoms with E-state index in [0.29, 0.717) is 18.4 Å². The minimum atomic E-state index is -0.958. The van der Waals surface area contributed by atoms with Crippen LogP contribution in [0.5, 0.6) is 0 Å². The summed E-state index contributed by atoms with van der Waals surface area (Å²) < 4.78 is 0. The number of nitrogens with one attached hydrogen (secondary N) is 1. The highest BCUT2D eigenvalue weighted by atomic mass is 32.1. The van der Waals surface area contributed by atoms with Gasteiger partial charge < -0.3 is 10.2 Å². The van der Waals surface area contributed by atoms with Crippen molar-refractivity contribution in [3.63, 3.8) is 0 Å². The first-order chi connectivity index (χ1) is 13.6. The van der Waals surface area contributed by atoms with Crippen LogP contribution < -0.4 is 5.32 Å². The summed E-state index contributed by atoms with van der Waals surface area (Å²) in [6.45, 7) is 0.624. The summed E-state index contributed by atoms with van der Waals surface area (Å²) >= 11 is 1.64. The maximum Gasteiger partial charge on any atom is 0.325 e. The first-order valence-corrected chi connectivity index (χ1v) is 11.5. The van der Waals surface area contributed by atoms with Crippen molar-refractivity contribution in [1.82, 2.24) is 15.1 Å². The van der Waals surface area contributed by atoms with Crippen LogP contribution in [-0.4, -0.2) is 46.8 Å². The number of thiophene rings is 1. The molecule has 2 aliphatic heterocycles. The van der Waals surface area contributed by atoms with Crippen LogP contribution in [-0.2, 0) is 21.5 Å². The second kappa shape index (κ2) is 6.87. The average molecular weight is 402 g/mol. The van der Waals surface area contributed by atoms with Gasteiger partial charge in [0.2, 0.25) is 5.91 Å². The number of imide groups is 1. The molecule has 3 heterocycles. The third kappa shape index (κ3) is 2.70. The first kappa shape index (κ1) is 18.2. The van der Waals surface area contributed by atoms with Gasteiger partial charge in [0.1, 0.15) is 12.1 Å². The quantitative estimate of drug-likeness (QED) is 0.775. The van der Waals surface area contributed by atoms with Crippen LogP contribution in [0.15, 0.2) is 11.4 Å². The topological polar surface area (TPSA) is 69.7 Å². The number of piperidine rings is 1. The van der Waals surface area contributed by atoms with E-state index in [4.69, 9.17) is 0 Å². The molecule has 1 aromatic heterocycles. The second-order valence-electron chi connectivity index (χ2n) is 8.68. The highest BCUT2D eigenvalue weighted by Gasteiger charge is 2.55. The van der Waals surface area contributed by atoms with E-state index in [1.165, 1.54) is 29.0 Å². The van der Waals surface area contributed by atoms with E-state index in [0.717, 1.165) is 44.2 Å². The number of carbonyl (C=O) groups excluding carboxylic acids is 3. The summed E-state index contributed by atoms with van der Waals surface area (Å²) in [5, 5.41) is 4.94. The van der Waals surface area contributed by atoms with E-state index in [1.54, 1.807) is 11.3 Å². The van der Waals surface area contributed by atoms with Crippen LogP contribution in [0.2, 0.25) is 0 Å². The minimum Gasteiger partial charge on any atom is -0.338 e. The van der Waals surface area contributed by atoms with Gasteiger partial charge in [-0.25, -0.2) is 4.79 Å². The van der Waals surface area contributed by atoms with Crippen LogP contribution in [0.25, 0.3) is 0 Å². The molecule has 1 saturated carbocycles. The molecular weight excluding hydrogens is 374 g/mol. The van der Waals surface area contributed by atoms with Crippen LogP contribution in [0.4, 0.5) is 4.79 Å². The van der Waals surface area contributed by atoms with Crippen molar-refractivity contribution in [2.24, 2.45) is 5.92 Å². The van der Waals surface area contributed by atoms with Crippen LogP contribution in [0.1, 0.15) is 61.8 Å². The maximum atomic E-state index is 13.3. The Labute approximate surface area is 169 Å². The number of carbonyl (C=O) groups is 3. The highest BCUT2D eigenvalue weighted by molar-refractivity contribution is 7.10. The molecule has 0 aromatic carbocycles. The van der Waals surface area contributed by atoms with Crippen molar-refractivity contribution in [2.45, 2.75) is 69.4 Å². The molecule has 4 amide bonds. The van der Waals surface area contributed by atoms with Crippen molar-refractivity contribution < 1.29 is 14.4 Å². The lowest BCUT2D eigenvalue weighted by Gasteiger charge is -2.44. The molecule has 2 aliphatic carbocycles. The molecular formula is C21H27N3O3S. The smallest absolute Gasteiger partial charge is 0.325 e. The highest BCUT2D eigenvalue weighted by Crippen LogP contribution is 2.42. The van der Waals surface area contributed by atoms with E-state index in [2.05, 4.69) is 5.32 Å². The van der Waals surface area contributed by atoms with Gasteiger partial charge in [0.15, 0.2) is 0 Å². The normalized spacial score (nSPS) is 32.3. The van der Waals surface area contributed by atoms with Crippen LogP contribution >= 0.6 is 11.3 Å². The number of likely N-dealkylation sites (tertiary alicyclic amines) is 1. The van der Waals surface area contributed by atoms with Crippen molar-refractivity contribution in [3.05, 3.63) is 21.9 Å². The number of hydrogen-bond donors (Lipinski definition) is 1. The van der Waals surface area contributed by atoms with Gasteiger partial charge in [0.05, 0.1) is 0 Å². The number of nitrogens with zero attached hydrogens (tertiary/aromatic N) is 2. The average Bonchev–Trinajstić information content (AvgIpc) is 3.28. The number of hydrogen-bond acceptors (Lipinski definition) is 4. The number of aryl methyl sites for hydroxylation is 1. The predicted molar refractivity (Wildman–Crippen MR) is 106 cm³/mol. The van der Waals surface area contributed by atoms with Gasteiger partial charge in [-0.2, -0.15) is 0 Å². The number of amides is 4. The van der Waals surface area contributed by atoms with Crippen molar-refractivity contribution >= 4 is 29.2 Å². The lowest BCUT2D eigenvalue weighted by Crippen LogP contribution is -2.53. The molecule has 1 aromatic rings. The number of urea groups is 1. The van der Waals surface area contributed by atoms with Gasteiger partial charge in [0, 0.05) is 23.0 Å². The van der Waals surface area contributed by atoms with Gasteiger partial charge >= 0.3 is 6.03 Å². The van der Waals surface area contributed by atoms with Gasteiger partial charge in [-0.15, -0.1) is 11.3 Å². The number of rotatable bonds is 2. The molecule has 7 heteroatoms. The van der Waals surface area contributed by atoms with Gasteiger partial charge in [-0.1, -0.05) is 12.8 Å². The summed E-state index contributed by atoms with van der Waals surface area (Å²) in [5.41, 5.74) is -0.0254. The summed E-state index contributed by atoms with van der Waals surface area (Å²) in [5.74, 6) is 0.272. The third-order valence-electron chi connectivity index (χ3n) is 7.19. The Kier molecular flexibility index (Phi) is 4.45. The third-order valence-corrected chi connectivity index (χ3v) is 8.17. The van der Waals surface area contributed by atoms with E-state index in [9.17, 15) is 14.4 Å². The Morgan fingerprint density at radius 3 is 2.89 bits per heavy atom. The lowest BCUT2D eigenvalue weighted by molar-refractivity contribution is -0.143. The molecule has 3 unspecified atom stereocenters. The zero-order chi connectivity index (χ0) is 19.3. The zero-order valence-corrected chi connectivity index (χ0v) is 16.9. The van der Waals surface area contributed by atoms with Crippen molar-refractivity contribution in [2.75, 3.05) is 13.1 Å². The molecule has 150 valence electrons. The molecule has 2 saturated heterocycles. The van der Waals surface area contributed by atoms with E-state index < -0.39 is 11.6 Å². The van der Waals surface area contributed by atoms with Crippen molar-refractivity contribution in [3.8, 4) is 0 Å². The minimum absolute atomic E-state index is 0.0708. The zero-order valence-electron chi connectivity index (χ0n) is 16.1. The summed E-state index contributed by atoms with van der Waals surface area (Å²) in [6, 6.07) is 1.83. The fraction of sp³-hybridized carbons (Fsp3) is 0.667. The van der Waals surface area contributed by atoms with Crippen LogP contribution in [0.3, 0.4) is 0 Å². The Bertz CT molecular complexity index is 820. The molecule has 5 rings (SSSR count). The van der Waals surface area contributed by atoms with E-state index in [-0.39, 0.29) is 18.4 Å².